The first kappa shape index (κ1) is 11.2. The van der Waals surface area contributed by atoms with Crippen molar-refractivity contribution < 1.29 is 14.7 Å². The van der Waals surface area contributed by atoms with Crippen LogP contribution in [0.25, 0.3) is 0 Å². The van der Waals surface area contributed by atoms with Gasteiger partial charge in [0.25, 0.3) is 0 Å². The average Bonchev–Trinajstić information content (AvgIpc) is 2.46. The van der Waals surface area contributed by atoms with Gasteiger partial charge in [0, 0.05) is 12.1 Å². The standard InChI is InChI=1S/C9H16N2O3/c1-5-8(6(2)14-11-5)9(13)7(12)4-10-3/h7,9-10,12-13H,4H2,1-3H3. The molecule has 0 saturated heterocycles. The number of aryl methyl sites for hydroxylation is 2. The van der Waals surface area contributed by atoms with E-state index in [1.54, 1.807) is 20.9 Å². The third-order valence-electron chi connectivity index (χ3n) is 2.16. The highest BCUT2D eigenvalue weighted by Gasteiger charge is 2.24. The number of aliphatic hydroxyl groups excluding tert-OH is 2. The number of likely N-dealkylation sites (N-methyl/N-ethyl adjacent to an activating group) is 1. The van der Waals surface area contributed by atoms with Crippen molar-refractivity contribution in [2.45, 2.75) is 26.1 Å². The number of rotatable bonds is 4. The zero-order valence-electron chi connectivity index (χ0n) is 8.61. The van der Waals surface area contributed by atoms with Crippen molar-refractivity contribution >= 4 is 0 Å². The second-order valence-electron chi connectivity index (χ2n) is 3.31. The van der Waals surface area contributed by atoms with Crippen LogP contribution in [0.3, 0.4) is 0 Å². The summed E-state index contributed by atoms with van der Waals surface area (Å²) in [6.45, 7) is 3.77. The van der Waals surface area contributed by atoms with Crippen LogP contribution >= 0.6 is 0 Å². The minimum atomic E-state index is -0.950. The van der Waals surface area contributed by atoms with Crippen molar-refractivity contribution in [3.63, 3.8) is 0 Å². The molecule has 0 aliphatic carbocycles. The molecule has 0 saturated carbocycles. The predicted octanol–water partition coefficient (Wildman–Crippen LogP) is -0.0949. The number of nitrogens with one attached hydrogen (secondary N) is 1. The lowest BCUT2D eigenvalue weighted by atomic mass is 10.0. The average molecular weight is 200 g/mol. The van der Waals surface area contributed by atoms with Gasteiger partial charge in [0.1, 0.15) is 11.9 Å². The summed E-state index contributed by atoms with van der Waals surface area (Å²) in [5.74, 6) is 0.546. The predicted molar refractivity (Wildman–Crippen MR) is 50.9 cm³/mol. The first-order valence-electron chi connectivity index (χ1n) is 4.51. The lowest BCUT2D eigenvalue weighted by Gasteiger charge is -2.16. The minimum absolute atomic E-state index is 0.325. The lowest BCUT2D eigenvalue weighted by molar-refractivity contribution is 0.0191. The van der Waals surface area contributed by atoms with Gasteiger partial charge in [0.05, 0.1) is 11.8 Å². The maximum atomic E-state index is 9.78. The van der Waals surface area contributed by atoms with Crippen LogP contribution in [0.4, 0.5) is 0 Å². The van der Waals surface area contributed by atoms with Gasteiger partial charge >= 0.3 is 0 Å². The molecule has 1 heterocycles. The molecule has 0 aliphatic rings. The summed E-state index contributed by atoms with van der Waals surface area (Å²) < 4.78 is 4.90. The number of nitrogens with zero attached hydrogens (tertiary/aromatic N) is 1. The molecular weight excluding hydrogens is 184 g/mol. The summed E-state index contributed by atoms with van der Waals surface area (Å²) in [5.41, 5.74) is 1.19. The first-order chi connectivity index (χ1) is 6.57. The normalized spacial score (nSPS) is 15.5. The molecular formula is C9H16N2O3. The summed E-state index contributed by atoms with van der Waals surface area (Å²) in [7, 11) is 1.71. The van der Waals surface area contributed by atoms with Gasteiger partial charge < -0.3 is 20.1 Å². The Balaban J connectivity index is 2.82. The Bertz CT molecular complexity index is 279. The van der Waals surface area contributed by atoms with E-state index in [0.29, 0.717) is 23.6 Å². The Morgan fingerprint density at radius 3 is 2.50 bits per heavy atom. The van der Waals surface area contributed by atoms with Gasteiger partial charge in [-0.25, -0.2) is 0 Å². The van der Waals surface area contributed by atoms with E-state index in [4.69, 9.17) is 4.52 Å². The van der Waals surface area contributed by atoms with E-state index in [1.165, 1.54) is 0 Å². The molecule has 2 atom stereocenters. The molecule has 0 aromatic carbocycles. The topological polar surface area (TPSA) is 78.5 Å². The fraction of sp³-hybridized carbons (Fsp3) is 0.667. The van der Waals surface area contributed by atoms with Crippen LogP contribution in [0.2, 0.25) is 0 Å². The Morgan fingerprint density at radius 2 is 2.07 bits per heavy atom. The SMILES string of the molecule is CNCC(O)C(O)c1c(C)noc1C. The number of aliphatic hydroxyl groups is 2. The first-order valence-corrected chi connectivity index (χ1v) is 4.51. The van der Waals surface area contributed by atoms with Crippen molar-refractivity contribution in [2.75, 3.05) is 13.6 Å². The Morgan fingerprint density at radius 1 is 1.43 bits per heavy atom. The molecule has 1 aromatic heterocycles. The highest BCUT2D eigenvalue weighted by molar-refractivity contribution is 5.24. The molecule has 0 bridgehead atoms. The molecule has 1 aromatic rings. The van der Waals surface area contributed by atoms with Crippen LogP contribution in [0.1, 0.15) is 23.1 Å². The van der Waals surface area contributed by atoms with Crippen molar-refractivity contribution in [1.82, 2.24) is 10.5 Å². The summed E-state index contributed by atoms with van der Waals surface area (Å²) in [5, 5.41) is 25.8. The van der Waals surface area contributed by atoms with Crippen LogP contribution in [0.5, 0.6) is 0 Å². The largest absolute Gasteiger partial charge is 0.389 e. The highest BCUT2D eigenvalue weighted by Crippen LogP contribution is 2.23. The molecule has 0 spiro atoms. The van der Waals surface area contributed by atoms with Gasteiger partial charge in [-0.1, -0.05) is 5.16 Å². The highest BCUT2D eigenvalue weighted by atomic mass is 16.5. The molecule has 0 fully saturated rings. The zero-order chi connectivity index (χ0) is 10.7. The van der Waals surface area contributed by atoms with E-state index in [-0.39, 0.29) is 0 Å². The van der Waals surface area contributed by atoms with E-state index in [0.717, 1.165) is 0 Å². The van der Waals surface area contributed by atoms with E-state index < -0.39 is 12.2 Å². The van der Waals surface area contributed by atoms with Gasteiger partial charge in [-0.05, 0) is 20.9 Å². The van der Waals surface area contributed by atoms with Crippen LogP contribution in [-0.4, -0.2) is 35.1 Å². The van der Waals surface area contributed by atoms with Crippen molar-refractivity contribution in [3.8, 4) is 0 Å². The minimum Gasteiger partial charge on any atom is -0.389 e. The van der Waals surface area contributed by atoms with Gasteiger partial charge in [0.15, 0.2) is 0 Å². The Kier molecular flexibility index (Phi) is 3.62. The molecule has 5 nitrogen and oxygen atoms in total. The third kappa shape index (κ3) is 2.12. The Labute approximate surface area is 82.7 Å². The lowest BCUT2D eigenvalue weighted by Crippen LogP contribution is -2.30. The van der Waals surface area contributed by atoms with Crippen LogP contribution in [0, 0.1) is 13.8 Å². The molecule has 5 heteroatoms. The van der Waals surface area contributed by atoms with E-state index in [9.17, 15) is 10.2 Å². The third-order valence-corrected chi connectivity index (χ3v) is 2.16. The molecule has 0 radical (unpaired) electrons. The molecule has 1 rings (SSSR count). The van der Waals surface area contributed by atoms with Crippen molar-refractivity contribution in [1.29, 1.82) is 0 Å². The monoisotopic (exact) mass is 200 g/mol. The van der Waals surface area contributed by atoms with Gasteiger partial charge in [-0.15, -0.1) is 0 Å². The number of aromatic nitrogens is 1. The summed E-state index contributed by atoms with van der Waals surface area (Å²) in [6, 6.07) is 0. The van der Waals surface area contributed by atoms with Gasteiger partial charge in [-0.3, -0.25) is 0 Å². The summed E-state index contributed by atoms with van der Waals surface area (Å²) in [6.07, 6.45) is -1.80. The van der Waals surface area contributed by atoms with Gasteiger partial charge in [-0.2, -0.15) is 0 Å². The van der Waals surface area contributed by atoms with E-state index in [1.807, 2.05) is 0 Å². The van der Waals surface area contributed by atoms with Crippen LogP contribution < -0.4 is 5.32 Å². The summed E-state index contributed by atoms with van der Waals surface area (Å²) >= 11 is 0. The molecule has 14 heavy (non-hydrogen) atoms. The number of hydrogen-bond donors (Lipinski definition) is 3. The smallest absolute Gasteiger partial charge is 0.139 e. The summed E-state index contributed by atoms with van der Waals surface area (Å²) in [4.78, 5) is 0. The molecule has 3 N–H and O–H groups in total. The quantitative estimate of drug-likeness (QED) is 0.633. The van der Waals surface area contributed by atoms with E-state index in [2.05, 4.69) is 10.5 Å². The van der Waals surface area contributed by atoms with Crippen molar-refractivity contribution in [3.05, 3.63) is 17.0 Å². The zero-order valence-corrected chi connectivity index (χ0v) is 8.61. The molecule has 0 aliphatic heterocycles. The van der Waals surface area contributed by atoms with Crippen LogP contribution in [0.15, 0.2) is 4.52 Å². The van der Waals surface area contributed by atoms with Crippen molar-refractivity contribution in [2.24, 2.45) is 0 Å². The maximum Gasteiger partial charge on any atom is 0.139 e. The maximum absolute atomic E-state index is 9.78. The fourth-order valence-electron chi connectivity index (χ4n) is 1.43. The second kappa shape index (κ2) is 4.54. The van der Waals surface area contributed by atoms with Crippen LogP contribution in [-0.2, 0) is 0 Å². The second-order valence-corrected chi connectivity index (χ2v) is 3.31. The Hall–Kier alpha value is -0.910. The van der Waals surface area contributed by atoms with Gasteiger partial charge in [0.2, 0.25) is 0 Å². The van der Waals surface area contributed by atoms with E-state index >= 15 is 0 Å². The molecule has 2 unspecified atom stereocenters. The fourth-order valence-corrected chi connectivity index (χ4v) is 1.43. The number of hydrogen-bond acceptors (Lipinski definition) is 5. The molecule has 80 valence electrons. The molecule has 0 amide bonds.